The second-order valence-electron chi connectivity index (χ2n) is 6.75. The zero-order chi connectivity index (χ0) is 21.8. The highest BCUT2D eigenvalue weighted by atomic mass is 32.2. The largest absolute Gasteiger partial charge is 0.325 e. The molecule has 1 aromatic heterocycles. The van der Waals surface area contributed by atoms with E-state index < -0.39 is 11.6 Å². The first kappa shape index (κ1) is 20.7. The number of thioether (sulfide) groups is 1. The van der Waals surface area contributed by atoms with E-state index in [0.717, 1.165) is 23.0 Å². The Labute approximate surface area is 182 Å². The van der Waals surface area contributed by atoms with Crippen LogP contribution in [-0.2, 0) is 4.79 Å². The van der Waals surface area contributed by atoms with Crippen LogP contribution in [0.5, 0.6) is 0 Å². The number of benzene rings is 3. The molecule has 0 aliphatic rings. The molecule has 0 bridgehead atoms. The monoisotopic (exact) mass is 436 g/mol. The number of hydrogen-bond acceptors (Lipinski definition) is 4. The number of anilines is 1. The number of halogens is 2. The molecule has 0 aliphatic heterocycles. The number of rotatable bonds is 6. The average Bonchev–Trinajstić information content (AvgIpc) is 3.19. The van der Waals surface area contributed by atoms with Crippen molar-refractivity contribution in [3.05, 3.63) is 90.0 Å². The number of amides is 1. The Balaban J connectivity index is 1.61. The molecule has 4 aromatic rings. The third-order valence-corrected chi connectivity index (χ3v) is 5.50. The van der Waals surface area contributed by atoms with E-state index in [9.17, 15) is 13.6 Å². The SMILES string of the molecule is Cc1ccc(F)cc1NC(=O)CSc1nnc(-c2ccccc2F)n1-c1ccccc1. The molecular weight excluding hydrogens is 418 g/mol. The van der Waals surface area contributed by atoms with Crippen molar-refractivity contribution in [2.24, 2.45) is 0 Å². The number of nitrogens with zero attached hydrogens (tertiary/aromatic N) is 3. The summed E-state index contributed by atoms with van der Waals surface area (Å²) < 4.78 is 29.6. The van der Waals surface area contributed by atoms with Crippen molar-refractivity contribution in [3.63, 3.8) is 0 Å². The van der Waals surface area contributed by atoms with Gasteiger partial charge in [0, 0.05) is 11.4 Å². The second kappa shape index (κ2) is 9.09. The van der Waals surface area contributed by atoms with Crippen LogP contribution in [0.15, 0.2) is 78.0 Å². The molecule has 0 fully saturated rings. The van der Waals surface area contributed by atoms with Crippen LogP contribution in [0.1, 0.15) is 5.56 Å². The van der Waals surface area contributed by atoms with Crippen LogP contribution in [-0.4, -0.2) is 26.4 Å². The minimum absolute atomic E-state index is 0.0260. The van der Waals surface area contributed by atoms with E-state index in [4.69, 9.17) is 0 Å². The predicted molar refractivity (Wildman–Crippen MR) is 117 cm³/mol. The first-order chi connectivity index (χ1) is 15.0. The van der Waals surface area contributed by atoms with Crippen molar-refractivity contribution in [1.29, 1.82) is 0 Å². The lowest BCUT2D eigenvalue weighted by Crippen LogP contribution is -2.15. The number of aryl methyl sites for hydroxylation is 1. The van der Waals surface area contributed by atoms with E-state index in [1.165, 1.54) is 18.2 Å². The fourth-order valence-electron chi connectivity index (χ4n) is 3.04. The molecule has 0 atom stereocenters. The van der Waals surface area contributed by atoms with Gasteiger partial charge in [-0.15, -0.1) is 10.2 Å². The molecule has 0 unspecified atom stereocenters. The molecule has 0 radical (unpaired) electrons. The zero-order valence-electron chi connectivity index (χ0n) is 16.5. The number of aromatic nitrogens is 3. The van der Waals surface area contributed by atoms with Gasteiger partial charge in [-0.3, -0.25) is 9.36 Å². The Bertz CT molecular complexity index is 1230. The number of hydrogen-bond donors (Lipinski definition) is 1. The number of carbonyl (C=O) groups is 1. The van der Waals surface area contributed by atoms with Crippen molar-refractivity contribution in [3.8, 4) is 17.1 Å². The van der Waals surface area contributed by atoms with Gasteiger partial charge in [-0.25, -0.2) is 8.78 Å². The minimum atomic E-state index is -0.424. The lowest BCUT2D eigenvalue weighted by atomic mass is 10.2. The lowest BCUT2D eigenvalue weighted by Gasteiger charge is -2.11. The van der Waals surface area contributed by atoms with Crippen LogP contribution >= 0.6 is 11.8 Å². The molecule has 31 heavy (non-hydrogen) atoms. The molecule has 8 heteroatoms. The highest BCUT2D eigenvalue weighted by Gasteiger charge is 2.19. The quantitative estimate of drug-likeness (QED) is 0.419. The fraction of sp³-hybridized carbons (Fsp3) is 0.0870. The van der Waals surface area contributed by atoms with Crippen LogP contribution in [0.2, 0.25) is 0 Å². The third kappa shape index (κ3) is 4.64. The van der Waals surface area contributed by atoms with Crippen molar-refractivity contribution >= 4 is 23.4 Å². The molecule has 0 saturated carbocycles. The van der Waals surface area contributed by atoms with E-state index in [-0.39, 0.29) is 11.7 Å². The van der Waals surface area contributed by atoms with Crippen molar-refractivity contribution in [2.75, 3.05) is 11.1 Å². The van der Waals surface area contributed by atoms with Crippen LogP contribution in [0.25, 0.3) is 17.1 Å². The molecule has 156 valence electrons. The maximum absolute atomic E-state index is 14.4. The Hall–Kier alpha value is -3.52. The zero-order valence-corrected chi connectivity index (χ0v) is 17.4. The van der Waals surface area contributed by atoms with E-state index in [1.807, 2.05) is 30.3 Å². The first-order valence-corrected chi connectivity index (χ1v) is 10.5. The van der Waals surface area contributed by atoms with Gasteiger partial charge in [0.25, 0.3) is 0 Å². The number of para-hydroxylation sites is 1. The van der Waals surface area contributed by atoms with Gasteiger partial charge in [-0.05, 0) is 48.9 Å². The van der Waals surface area contributed by atoms with Crippen LogP contribution < -0.4 is 5.32 Å². The van der Waals surface area contributed by atoms with Crippen molar-refractivity contribution in [2.45, 2.75) is 12.1 Å². The standard InChI is InChI=1S/C23H18F2N4OS/c1-15-11-12-16(24)13-20(15)26-21(30)14-31-23-28-27-22(18-9-5-6-10-19(18)25)29(23)17-7-3-2-4-8-17/h2-13H,14H2,1H3,(H,26,30). The van der Waals surface area contributed by atoms with E-state index in [1.54, 1.807) is 35.8 Å². The number of nitrogens with one attached hydrogen (secondary N) is 1. The van der Waals surface area contributed by atoms with Crippen molar-refractivity contribution in [1.82, 2.24) is 14.8 Å². The Kier molecular flexibility index (Phi) is 6.08. The van der Waals surface area contributed by atoms with E-state index in [0.29, 0.717) is 22.2 Å². The normalized spacial score (nSPS) is 10.8. The van der Waals surface area contributed by atoms with Gasteiger partial charge in [0.05, 0.1) is 11.3 Å². The smallest absolute Gasteiger partial charge is 0.234 e. The summed E-state index contributed by atoms with van der Waals surface area (Å²) in [5.41, 5.74) is 2.23. The summed E-state index contributed by atoms with van der Waals surface area (Å²) in [7, 11) is 0. The maximum atomic E-state index is 14.4. The predicted octanol–water partition coefficient (Wildman–Crippen LogP) is 5.25. The van der Waals surface area contributed by atoms with Gasteiger partial charge < -0.3 is 5.32 Å². The molecule has 0 aliphatic carbocycles. The van der Waals surface area contributed by atoms with Gasteiger partial charge in [0.15, 0.2) is 11.0 Å². The van der Waals surface area contributed by atoms with Gasteiger partial charge in [-0.2, -0.15) is 0 Å². The first-order valence-electron chi connectivity index (χ1n) is 9.47. The van der Waals surface area contributed by atoms with Crippen LogP contribution in [0, 0.1) is 18.6 Å². The fourth-order valence-corrected chi connectivity index (χ4v) is 3.79. The summed E-state index contributed by atoms with van der Waals surface area (Å²) in [5.74, 6) is -0.783. The van der Waals surface area contributed by atoms with Crippen LogP contribution in [0.3, 0.4) is 0 Å². The summed E-state index contributed by atoms with van der Waals surface area (Å²) in [6.45, 7) is 1.79. The second-order valence-corrected chi connectivity index (χ2v) is 7.70. The highest BCUT2D eigenvalue weighted by Crippen LogP contribution is 2.29. The Morgan fingerprint density at radius 2 is 1.74 bits per heavy atom. The average molecular weight is 436 g/mol. The van der Waals surface area contributed by atoms with E-state index in [2.05, 4.69) is 15.5 Å². The van der Waals surface area contributed by atoms with Gasteiger partial charge in [0.1, 0.15) is 11.6 Å². The van der Waals surface area contributed by atoms with E-state index >= 15 is 0 Å². The van der Waals surface area contributed by atoms with Gasteiger partial charge in [0.2, 0.25) is 5.91 Å². The van der Waals surface area contributed by atoms with Crippen molar-refractivity contribution < 1.29 is 13.6 Å². The highest BCUT2D eigenvalue weighted by molar-refractivity contribution is 7.99. The molecule has 0 spiro atoms. The molecule has 1 amide bonds. The minimum Gasteiger partial charge on any atom is -0.325 e. The number of carbonyl (C=O) groups excluding carboxylic acids is 1. The molecule has 5 nitrogen and oxygen atoms in total. The Morgan fingerprint density at radius 3 is 2.52 bits per heavy atom. The van der Waals surface area contributed by atoms with Gasteiger partial charge >= 0.3 is 0 Å². The molecule has 4 rings (SSSR count). The third-order valence-electron chi connectivity index (χ3n) is 4.57. The summed E-state index contributed by atoms with van der Waals surface area (Å²) in [6.07, 6.45) is 0. The topological polar surface area (TPSA) is 59.8 Å². The molecule has 0 saturated heterocycles. The lowest BCUT2D eigenvalue weighted by molar-refractivity contribution is -0.113. The molecule has 3 aromatic carbocycles. The maximum Gasteiger partial charge on any atom is 0.234 e. The van der Waals surface area contributed by atoms with Gasteiger partial charge in [-0.1, -0.05) is 48.2 Å². The summed E-state index contributed by atoms with van der Waals surface area (Å²) in [5, 5.41) is 11.5. The molecule has 1 N–H and O–H groups in total. The summed E-state index contributed by atoms with van der Waals surface area (Å²) in [6, 6.07) is 19.8. The molecular formula is C23H18F2N4OS. The molecule has 1 heterocycles. The summed E-state index contributed by atoms with van der Waals surface area (Å²) in [4.78, 5) is 12.5. The van der Waals surface area contributed by atoms with Crippen LogP contribution in [0.4, 0.5) is 14.5 Å². The summed E-state index contributed by atoms with van der Waals surface area (Å²) >= 11 is 1.16. The Morgan fingerprint density at radius 1 is 1.00 bits per heavy atom.